The smallest absolute Gasteiger partial charge is 0.385 e. The summed E-state index contributed by atoms with van der Waals surface area (Å²) >= 11 is 0. The third-order valence-electron chi connectivity index (χ3n) is 6.47. The summed E-state index contributed by atoms with van der Waals surface area (Å²) in [6.07, 6.45) is -2.20. The van der Waals surface area contributed by atoms with E-state index < -0.39 is 11.7 Å². The van der Waals surface area contributed by atoms with Crippen LogP contribution in [0.25, 0.3) is 22.4 Å². The molecule has 0 spiro atoms. The molecular weight excluding hydrogens is 481 g/mol. The Hall–Kier alpha value is -3.79. The number of benzene rings is 1. The van der Waals surface area contributed by atoms with E-state index >= 15 is 0 Å². The van der Waals surface area contributed by atoms with Gasteiger partial charge in [-0.25, -0.2) is 15.0 Å². The number of hydrogen-bond donors (Lipinski definition) is 2. The molecular formula is C27H27F3N6O. The van der Waals surface area contributed by atoms with Crippen molar-refractivity contribution in [3.05, 3.63) is 65.6 Å². The Bertz CT molecular complexity index is 1450. The van der Waals surface area contributed by atoms with E-state index in [0.717, 1.165) is 30.4 Å². The third kappa shape index (κ3) is 5.06. The van der Waals surface area contributed by atoms with Crippen LogP contribution >= 0.6 is 0 Å². The molecule has 0 aliphatic carbocycles. The van der Waals surface area contributed by atoms with Crippen LogP contribution in [-0.4, -0.2) is 33.1 Å². The second kappa shape index (κ2) is 9.59. The molecule has 0 fully saturated rings. The minimum absolute atomic E-state index is 0.0758. The van der Waals surface area contributed by atoms with Gasteiger partial charge >= 0.3 is 6.18 Å². The summed E-state index contributed by atoms with van der Waals surface area (Å²) in [5.74, 6) is 0.863. The maximum absolute atomic E-state index is 13.6. The summed E-state index contributed by atoms with van der Waals surface area (Å²) in [4.78, 5) is 17.5. The molecule has 4 aromatic rings. The molecule has 0 radical (unpaired) electrons. The van der Waals surface area contributed by atoms with Crippen molar-refractivity contribution >= 4 is 28.2 Å². The van der Waals surface area contributed by atoms with Crippen LogP contribution in [0.1, 0.15) is 44.1 Å². The van der Waals surface area contributed by atoms with E-state index in [-0.39, 0.29) is 29.1 Å². The van der Waals surface area contributed by atoms with Crippen LogP contribution in [0.3, 0.4) is 0 Å². The van der Waals surface area contributed by atoms with E-state index in [1.54, 1.807) is 6.07 Å². The lowest BCUT2D eigenvalue weighted by molar-refractivity contribution is -0.137. The van der Waals surface area contributed by atoms with Crippen molar-refractivity contribution in [3.63, 3.8) is 0 Å². The molecule has 5 rings (SSSR count). The number of hydrogen-bond acceptors (Lipinski definition) is 7. The van der Waals surface area contributed by atoms with Crippen molar-refractivity contribution in [1.82, 2.24) is 19.9 Å². The number of nitrogens with zero attached hydrogens (tertiary/aromatic N) is 4. The standard InChI is InChI=1S/C27H27F3N6O/c1-4-37-15-22-35-24(33-16-7-9-18-21(14-16)31-13-11-26(18,2)3)17-8-10-20(34-25(17)36-22)23-19(27(28,29)30)6-5-12-32-23/h5-10,12,14,31H,4,11,13,15H2,1-3H3,(H,33,34,35,36). The normalized spacial score (nSPS) is 14.8. The van der Waals surface area contributed by atoms with Crippen molar-refractivity contribution in [1.29, 1.82) is 0 Å². The first kappa shape index (κ1) is 24.9. The number of alkyl halides is 3. The zero-order valence-corrected chi connectivity index (χ0v) is 20.8. The molecule has 0 amide bonds. The Morgan fingerprint density at radius 1 is 1.08 bits per heavy atom. The molecule has 0 saturated heterocycles. The van der Waals surface area contributed by atoms with E-state index in [1.807, 2.05) is 19.1 Å². The average Bonchev–Trinajstić information content (AvgIpc) is 2.86. The number of anilines is 3. The third-order valence-corrected chi connectivity index (χ3v) is 6.47. The molecule has 37 heavy (non-hydrogen) atoms. The molecule has 1 aromatic carbocycles. The van der Waals surface area contributed by atoms with Gasteiger partial charge in [-0.1, -0.05) is 19.9 Å². The van der Waals surface area contributed by atoms with Gasteiger partial charge in [-0.05, 0) is 60.7 Å². The summed E-state index contributed by atoms with van der Waals surface area (Å²) in [6.45, 7) is 7.81. The summed E-state index contributed by atoms with van der Waals surface area (Å²) < 4.78 is 46.3. The van der Waals surface area contributed by atoms with Crippen LogP contribution in [-0.2, 0) is 22.9 Å². The molecule has 0 atom stereocenters. The van der Waals surface area contributed by atoms with Crippen LogP contribution in [0.4, 0.5) is 30.4 Å². The Kier molecular flexibility index (Phi) is 6.45. The number of ether oxygens (including phenoxy) is 1. The van der Waals surface area contributed by atoms with Gasteiger partial charge in [0.25, 0.3) is 0 Å². The van der Waals surface area contributed by atoms with E-state index in [4.69, 9.17) is 4.74 Å². The molecule has 0 unspecified atom stereocenters. The highest BCUT2D eigenvalue weighted by Gasteiger charge is 2.34. The van der Waals surface area contributed by atoms with Gasteiger partial charge in [0.15, 0.2) is 11.5 Å². The molecule has 10 heteroatoms. The number of rotatable bonds is 6. The van der Waals surface area contributed by atoms with Gasteiger partial charge in [0.1, 0.15) is 18.1 Å². The van der Waals surface area contributed by atoms with Crippen molar-refractivity contribution in [2.75, 3.05) is 23.8 Å². The second-order valence-electron chi connectivity index (χ2n) is 9.54. The zero-order chi connectivity index (χ0) is 26.2. The second-order valence-corrected chi connectivity index (χ2v) is 9.54. The van der Waals surface area contributed by atoms with Crippen LogP contribution in [0.2, 0.25) is 0 Å². The zero-order valence-electron chi connectivity index (χ0n) is 20.8. The Morgan fingerprint density at radius 2 is 1.92 bits per heavy atom. The highest BCUT2D eigenvalue weighted by Crippen LogP contribution is 2.39. The maximum atomic E-state index is 13.6. The van der Waals surface area contributed by atoms with Crippen LogP contribution in [0, 0.1) is 0 Å². The fraction of sp³-hybridized carbons (Fsp3) is 0.333. The molecule has 7 nitrogen and oxygen atoms in total. The fourth-order valence-electron chi connectivity index (χ4n) is 4.52. The predicted molar refractivity (Wildman–Crippen MR) is 137 cm³/mol. The van der Waals surface area contributed by atoms with Gasteiger partial charge in [0, 0.05) is 30.7 Å². The minimum Gasteiger partial charge on any atom is -0.385 e. The number of halogens is 3. The Labute approximate surface area is 212 Å². The summed E-state index contributed by atoms with van der Waals surface area (Å²) in [7, 11) is 0. The highest BCUT2D eigenvalue weighted by atomic mass is 19.4. The number of pyridine rings is 2. The SMILES string of the molecule is CCOCc1nc(Nc2ccc3c(c2)NCCC3(C)C)c2ccc(-c3ncccc3C(F)(F)F)nc2n1. The molecule has 3 aromatic heterocycles. The number of nitrogens with one attached hydrogen (secondary N) is 2. The molecule has 1 aliphatic rings. The molecule has 4 heterocycles. The largest absolute Gasteiger partial charge is 0.418 e. The van der Waals surface area contributed by atoms with Gasteiger partial charge < -0.3 is 15.4 Å². The topological polar surface area (TPSA) is 84.9 Å². The van der Waals surface area contributed by atoms with Crippen LogP contribution in [0.15, 0.2) is 48.7 Å². The molecule has 1 aliphatic heterocycles. The summed E-state index contributed by atoms with van der Waals surface area (Å²) in [5.41, 5.74) is 2.42. The van der Waals surface area contributed by atoms with Gasteiger partial charge in [-0.3, -0.25) is 4.98 Å². The summed E-state index contributed by atoms with van der Waals surface area (Å²) in [5, 5.41) is 7.38. The predicted octanol–water partition coefficient (Wildman–Crippen LogP) is 6.48. The minimum atomic E-state index is -4.56. The van der Waals surface area contributed by atoms with E-state index in [9.17, 15) is 13.2 Å². The lowest BCUT2D eigenvalue weighted by Gasteiger charge is -2.33. The number of aromatic nitrogens is 4. The Morgan fingerprint density at radius 3 is 2.70 bits per heavy atom. The number of fused-ring (bicyclic) bond motifs is 2. The average molecular weight is 509 g/mol. The first-order chi connectivity index (χ1) is 17.7. The molecule has 2 N–H and O–H groups in total. The first-order valence-corrected chi connectivity index (χ1v) is 12.1. The van der Waals surface area contributed by atoms with E-state index in [2.05, 4.69) is 50.5 Å². The molecule has 192 valence electrons. The summed E-state index contributed by atoms with van der Waals surface area (Å²) in [6, 6.07) is 11.6. The van der Waals surface area contributed by atoms with Crippen molar-refractivity contribution in [2.45, 2.75) is 45.4 Å². The highest BCUT2D eigenvalue weighted by molar-refractivity contribution is 5.90. The van der Waals surface area contributed by atoms with Crippen molar-refractivity contribution < 1.29 is 17.9 Å². The van der Waals surface area contributed by atoms with Crippen molar-refractivity contribution in [2.24, 2.45) is 0 Å². The molecule has 0 saturated carbocycles. The molecule has 0 bridgehead atoms. The quantitative estimate of drug-likeness (QED) is 0.308. The monoisotopic (exact) mass is 508 g/mol. The van der Waals surface area contributed by atoms with Crippen molar-refractivity contribution in [3.8, 4) is 11.4 Å². The fourth-order valence-corrected chi connectivity index (χ4v) is 4.52. The lowest BCUT2D eigenvalue weighted by Crippen LogP contribution is -2.28. The first-order valence-electron chi connectivity index (χ1n) is 12.1. The Balaban J connectivity index is 1.58. The van der Waals surface area contributed by atoms with Crippen LogP contribution < -0.4 is 10.6 Å². The van der Waals surface area contributed by atoms with Gasteiger partial charge in [0.05, 0.1) is 16.6 Å². The van der Waals surface area contributed by atoms with E-state index in [0.29, 0.717) is 23.6 Å². The van der Waals surface area contributed by atoms with Crippen LogP contribution in [0.5, 0.6) is 0 Å². The van der Waals surface area contributed by atoms with Gasteiger partial charge in [0.2, 0.25) is 0 Å². The lowest BCUT2D eigenvalue weighted by atomic mass is 9.78. The van der Waals surface area contributed by atoms with Gasteiger partial charge in [-0.15, -0.1) is 0 Å². The van der Waals surface area contributed by atoms with Gasteiger partial charge in [-0.2, -0.15) is 13.2 Å². The maximum Gasteiger partial charge on any atom is 0.418 e. The van der Waals surface area contributed by atoms with E-state index in [1.165, 1.54) is 23.9 Å².